The van der Waals surface area contributed by atoms with Crippen molar-refractivity contribution in [2.45, 2.75) is 32.1 Å². The fraction of sp³-hybridized carbons (Fsp3) is 0.500. The molecule has 3 N–H and O–H groups in total. The molecule has 1 rings (SSSR count). The van der Waals surface area contributed by atoms with E-state index in [9.17, 15) is 13.2 Å². The van der Waals surface area contributed by atoms with Gasteiger partial charge in [0.05, 0.1) is 12.3 Å². The van der Waals surface area contributed by atoms with E-state index >= 15 is 0 Å². The van der Waals surface area contributed by atoms with E-state index in [4.69, 9.17) is 5.73 Å². The molecule has 0 saturated carbocycles. The Morgan fingerprint density at radius 2 is 1.76 bits per heavy atom. The normalized spacial score (nSPS) is 12.4. The second-order valence-electron chi connectivity index (χ2n) is 6.05. The lowest BCUT2D eigenvalue weighted by molar-refractivity contribution is -0.122. The molecule has 0 aliphatic heterocycles. The van der Waals surface area contributed by atoms with Crippen molar-refractivity contribution >= 4 is 21.6 Å². The summed E-state index contributed by atoms with van der Waals surface area (Å²) in [6, 6.07) is 6.63. The van der Waals surface area contributed by atoms with Gasteiger partial charge in [0.2, 0.25) is 15.9 Å². The molecule has 0 spiro atoms. The number of anilines is 1. The number of benzene rings is 1. The average Bonchev–Trinajstić information content (AvgIpc) is 2.29. The Kier molecular flexibility index (Phi) is 5.36. The van der Waals surface area contributed by atoms with E-state index < -0.39 is 15.6 Å². The maximum atomic E-state index is 12.2. The summed E-state index contributed by atoms with van der Waals surface area (Å²) in [5, 5.41) is 2.73. The van der Waals surface area contributed by atoms with Crippen LogP contribution in [0, 0.1) is 0 Å². The zero-order chi connectivity index (χ0) is 16.3. The van der Waals surface area contributed by atoms with Crippen LogP contribution in [0.2, 0.25) is 0 Å². The summed E-state index contributed by atoms with van der Waals surface area (Å²) in [5.74, 6) is -0.488. The van der Waals surface area contributed by atoms with Crippen molar-refractivity contribution in [1.29, 1.82) is 0 Å². The first-order valence-electron chi connectivity index (χ1n) is 6.59. The highest BCUT2D eigenvalue weighted by Crippen LogP contribution is 2.12. The van der Waals surface area contributed by atoms with E-state index in [2.05, 4.69) is 5.32 Å². The fourth-order valence-electron chi connectivity index (χ4n) is 1.69. The molecular formula is C14H23N3O3S. The number of nitrogens with zero attached hydrogens (tertiary/aromatic N) is 1. The highest BCUT2D eigenvalue weighted by Gasteiger charge is 2.23. The Labute approximate surface area is 126 Å². The molecule has 6 nitrogen and oxygen atoms in total. The number of nitrogens with one attached hydrogen (secondary N) is 1. The quantitative estimate of drug-likeness (QED) is 0.791. The molecule has 0 atom stereocenters. The number of carbonyl (C=O) groups excluding carboxylic acids is 1. The number of likely N-dealkylation sites (N-methyl/N-ethyl adjacent to an activating group) is 1. The second-order valence-corrected chi connectivity index (χ2v) is 8.13. The summed E-state index contributed by atoms with van der Waals surface area (Å²) in [6.45, 7) is 5.32. The van der Waals surface area contributed by atoms with Crippen molar-refractivity contribution in [3.8, 4) is 0 Å². The van der Waals surface area contributed by atoms with Gasteiger partial charge in [0.25, 0.3) is 0 Å². The molecule has 21 heavy (non-hydrogen) atoms. The first-order valence-corrected chi connectivity index (χ1v) is 8.20. The molecule has 0 aliphatic carbocycles. The van der Waals surface area contributed by atoms with Crippen LogP contribution in [0.5, 0.6) is 0 Å². The van der Waals surface area contributed by atoms with Gasteiger partial charge < -0.3 is 11.1 Å². The van der Waals surface area contributed by atoms with Gasteiger partial charge in [0.1, 0.15) is 0 Å². The van der Waals surface area contributed by atoms with Crippen LogP contribution in [0.15, 0.2) is 24.3 Å². The van der Waals surface area contributed by atoms with Gasteiger partial charge in [-0.15, -0.1) is 0 Å². The molecule has 0 radical (unpaired) electrons. The number of sulfonamides is 1. The summed E-state index contributed by atoms with van der Waals surface area (Å²) in [5.41, 5.74) is 6.38. The van der Waals surface area contributed by atoms with Gasteiger partial charge in [-0.2, -0.15) is 4.31 Å². The fourth-order valence-corrected chi connectivity index (χ4v) is 2.84. The molecule has 7 heteroatoms. The van der Waals surface area contributed by atoms with Crippen molar-refractivity contribution in [1.82, 2.24) is 9.62 Å². The van der Waals surface area contributed by atoms with E-state index in [0.29, 0.717) is 11.3 Å². The highest BCUT2D eigenvalue weighted by atomic mass is 32.2. The number of nitrogens with two attached hydrogens (primary N) is 1. The predicted octanol–water partition coefficient (Wildman–Crippen LogP) is 0.945. The van der Waals surface area contributed by atoms with Crippen LogP contribution in [0.4, 0.5) is 5.69 Å². The molecule has 118 valence electrons. The SMILES string of the molecule is CN(CC(=O)NC(C)(C)C)S(=O)(=O)Cc1ccc(N)cc1. The van der Waals surface area contributed by atoms with Crippen LogP contribution in [0.25, 0.3) is 0 Å². The topological polar surface area (TPSA) is 92.5 Å². The number of hydrogen-bond acceptors (Lipinski definition) is 4. The van der Waals surface area contributed by atoms with E-state index in [1.54, 1.807) is 24.3 Å². The first-order chi connectivity index (χ1) is 9.49. The molecule has 0 saturated heterocycles. The zero-order valence-electron chi connectivity index (χ0n) is 12.9. The molecule has 0 heterocycles. The maximum Gasteiger partial charge on any atom is 0.235 e. The lowest BCUT2D eigenvalue weighted by atomic mass is 10.1. The smallest absolute Gasteiger partial charge is 0.235 e. The van der Waals surface area contributed by atoms with E-state index in [0.717, 1.165) is 4.31 Å². The average molecular weight is 313 g/mol. The monoisotopic (exact) mass is 313 g/mol. The van der Waals surface area contributed by atoms with Crippen LogP contribution in [-0.4, -0.2) is 37.8 Å². The van der Waals surface area contributed by atoms with Gasteiger partial charge in [-0.3, -0.25) is 4.79 Å². The van der Waals surface area contributed by atoms with Crippen LogP contribution in [0.1, 0.15) is 26.3 Å². The summed E-state index contributed by atoms with van der Waals surface area (Å²) in [7, 11) is -2.15. The summed E-state index contributed by atoms with van der Waals surface area (Å²) < 4.78 is 25.5. The van der Waals surface area contributed by atoms with Crippen molar-refractivity contribution in [3.05, 3.63) is 29.8 Å². The maximum absolute atomic E-state index is 12.2. The third kappa shape index (κ3) is 6.14. The van der Waals surface area contributed by atoms with E-state index in [1.807, 2.05) is 20.8 Å². The van der Waals surface area contributed by atoms with E-state index in [1.165, 1.54) is 7.05 Å². The molecule has 1 aromatic carbocycles. The molecule has 0 fully saturated rings. The highest BCUT2D eigenvalue weighted by molar-refractivity contribution is 7.88. The minimum atomic E-state index is -3.55. The third-order valence-electron chi connectivity index (χ3n) is 2.68. The molecule has 0 bridgehead atoms. The summed E-state index contributed by atoms with van der Waals surface area (Å²) in [4.78, 5) is 11.8. The Bertz CT molecular complexity index is 589. The lowest BCUT2D eigenvalue weighted by Gasteiger charge is -2.23. The molecule has 0 unspecified atom stereocenters. The van der Waals surface area contributed by atoms with Gasteiger partial charge in [-0.05, 0) is 38.5 Å². The summed E-state index contributed by atoms with van der Waals surface area (Å²) >= 11 is 0. The molecule has 1 amide bonds. The molecule has 0 aliphatic rings. The van der Waals surface area contributed by atoms with Crippen LogP contribution < -0.4 is 11.1 Å². The van der Waals surface area contributed by atoms with Crippen molar-refractivity contribution in [2.75, 3.05) is 19.3 Å². The number of nitrogen functional groups attached to an aromatic ring is 1. The Hall–Kier alpha value is -1.60. The Morgan fingerprint density at radius 1 is 1.24 bits per heavy atom. The van der Waals surface area contributed by atoms with Gasteiger partial charge in [0.15, 0.2) is 0 Å². The van der Waals surface area contributed by atoms with Gasteiger partial charge in [-0.25, -0.2) is 8.42 Å². The van der Waals surface area contributed by atoms with Crippen LogP contribution in [-0.2, 0) is 20.6 Å². The number of rotatable bonds is 5. The molecular weight excluding hydrogens is 290 g/mol. The van der Waals surface area contributed by atoms with Crippen LogP contribution in [0.3, 0.4) is 0 Å². The number of amides is 1. The minimum Gasteiger partial charge on any atom is -0.399 e. The van der Waals surface area contributed by atoms with Crippen LogP contribution >= 0.6 is 0 Å². The first kappa shape index (κ1) is 17.5. The van der Waals surface area contributed by atoms with Gasteiger partial charge in [-0.1, -0.05) is 12.1 Å². The Balaban J connectivity index is 2.69. The predicted molar refractivity (Wildman–Crippen MR) is 84.0 cm³/mol. The number of hydrogen-bond donors (Lipinski definition) is 2. The van der Waals surface area contributed by atoms with Crippen molar-refractivity contribution in [2.24, 2.45) is 0 Å². The van der Waals surface area contributed by atoms with Crippen molar-refractivity contribution < 1.29 is 13.2 Å². The largest absolute Gasteiger partial charge is 0.399 e. The standard InChI is InChI=1S/C14H23N3O3S/c1-14(2,3)16-13(18)9-17(4)21(19,20)10-11-5-7-12(15)8-6-11/h5-8H,9-10,15H2,1-4H3,(H,16,18). The molecule has 0 aromatic heterocycles. The van der Waals surface area contributed by atoms with Crippen molar-refractivity contribution in [3.63, 3.8) is 0 Å². The minimum absolute atomic E-state index is 0.160. The number of carbonyl (C=O) groups is 1. The second kappa shape index (κ2) is 6.44. The Morgan fingerprint density at radius 3 is 2.24 bits per heavy atom. The van der Waals surface area contributed by atoms with Gasteiger partial charge >= 0.3 is 0 Å². The van der Waals surface area contributed by atoms with E-state index in [-0.39, 0.29) is 18.2 Å². The van der Waals surface area contributed by atoms with Gasteiger partial charge in [0, 0.05) is 18.3 Å². The third-order valence-corrected chi connectivity index (χ3v) is 4.46. The molecule has 1 aromatic rings. The lowest BCUT2D eigenvalue weighted by Crippen LogP contribution is -2.46. The summed E-state index contributed by atoms with van der Waals surface area (Å²) in [6.07, 6.45) is 0. The zero-order valence-corrected chi connectivity index (χ0v) is 13.7.